The Morgan fingerprint density at radius 3 is 2.00 bits per heavy atom. The summed E-state index contributed by atoms with van der Waals surface area (Å²) in [5, 5.41) is 0. The molecule has 0 aliphatic carbocycles. The lowest BCUT2D eigenvalue weighted by molar-refractivity contribution is -0.314. The van der Waals surface area contributed by atoms with Crippen LogP contribution in [0.4, 0.5) is 0 Å². The lowest BCUT2D eigenvalue weighted by Crippen LogP contribution is -2.62. The Labute approximate surface area is 233 Å². The number of methoxy groups -OCH3 is 1. The van der Waals surface area contributed by atoms with Crippen LogP contribution in [0.15, 0.2) is 24.3 Å². The highest BCUT2D eigenvalue weighted by Gasteiger charge is 2.51. The average molecular weight is 577 g/mol. The van der Waals surface area contributed by atoms with Crippen molar-refractivity contribution in [3.8, 4) is 5.75 Å². The molecule has 0 aromatic heterocycles. The number of benzene rings is 1. The van der Waals surface area contributed by atoms with E-state index in [4.69, 9.17) is 54.2 Å². The van der Waals surface area contributed by atoms with Crippen LogP contribution in [0, 0.1) is 0 Å². The van der Waals surface area contributed by atoms with Gasteiger partial charge in [0, 0.05) is 26.7 Å². The van der Waals surface area contributed by atoms with Crippen molar-refractivity contribution in [1.82, 2.24) is 0 Å². The van der Waals surface area contributed by atoms with E-state index in [-0.39, 0.29) is 26.4 Å². The molecule has 12 nitrogen and oxygen atoms in total. The third kappa shape index (κ3) is 12.1. The molecule has 0 unspecified atom stereocenters. The lowest BCUT2D eigenvalue weighted by Gasteiger charge is -2.44. The molecule has 0 amide bonds. The molecular weight excluding hydrogens is 540 g/mol. The van der Waals surface area contributed by atoms with Gasteiger partial charge < -0.3 is 42.6 Å². The highest BCUT2D eigenvalue weighted by molar-refractivity contribution is 6.17. The Morgan fingerprint density at radius 2 is 1.41 bits per heavy atom. The molecule has 0 N–H and O–H groups in total. The third-order valence-electron chi connectivity index (χ3n) is 5.35. The van der Waals surface area contributed by atoms with Gasteiger partial charge in [-0.25, -0.2) is 0 Å². The van der Waals surface area contributed by atoms with E-state index in [1.54, 1.807) is 31.4 Å². The maximum atomic E-state index is 12.0. The molecule has 0 radical (unpaired) electrons. The number of carbonyl (C=O) groups is 3. The average Bonchev–Trinajstić information content (AvgIpc) is 2.89. The Balaban J connectivity index is 2.21. The van der Waals surface area contributed by atoms with Crippen LogP contribution < -0.4 is 4.74 Å². The van der Waals surface area contributed by atoms with Crippen molar-refractivity contribution in [3.05, 3.63) is 29.8 Å². The molecule has 1 aliphatic heterocycles. The van der Waals surface area contributed by atoms with Gasteiger partial charge in [0.05, 0.1) is 46.8 Å². The van der Waals surface area contributed by atoms with Crippen molar-refractivity contribution in [2.45, 2.75) is 58.1 Å². The van der Waals surface area contributed by atoms with Gasteiger partial charge in [0.25, 0.3) is 0 Å². The molecule has 2 rings (SSSR count). The molecule has 13 heteroatoms. The summed E-state index contributed by atoms with van der Waals surface area (Å²) in [6.45, 7) is 4.90. The van der Waals surface area contributed by atoms with Gasteiger partial charge in [-0.3, -0.25) is 14.4 Å². The molecule has 1 fully saturated rings. The maximum Gasteiger partial charge on any atom is 0.303 e. The first-order valence-corrected chi connectivity index (χ1v) is 13.0. The number of carbonyl (C=O) groups excluding carboxylic acids is 3. The zero-order chi connectivity index (χ0) is 28.6. The summed E-state index contributed by atoms with van der Waals surface area (Å²) in [4.78, 5) is 35.6. The normalized spacial score (nSPS) is 22.6. The molecule has 1 heterocycles. The minimum Gasteiger partial charge on any atom is -0.497 e. The van der Waals surface area contributed by atoms with Gasteiger partial charge in [-0.1, -0.05) is 12.1 Å². The summed E-state index contributed by atoms with van der Waals surface area (Å²) in [6, 6.07) is 7.15. The van der Waals surface area contributed by atoms with E-state index >= 15 is 0 Å². The van der Waals surface area contributed by atoms with E-state index in [1.165, 1.54) is 20.8 Å². The maximum absolute atomic E-state index is 12.0. The number of hydrogen-bond acceptors (Lipinski definition) is 12. The fourth-order valence-electron chi connectivity index (χ4n) is 3.70. The monoisotopic (exact) mass is 576 g/mol. The molecule has 0 bridgehead atoms. The smallest absolute Gasteiger partial charge is 0.303 e. The third-order valence-corrected chi connectivity index (χ3v) is 5.51. The number of halogens is 1. The van der Waals surface area contributed by atoms with Gasteiger partial charge in [0.2, 0.25) is 0 Å². The van der Waals surface area contributed by atoms with Crippen LogP contribution in [0.3, 0.4) is 0 Å². The predicted octanol–water partition coefficient (Wildman–Crippen LogP) is 2.02. The number of hydrogen-bond donors (Lipinski definition) is 0. The van der Waals surface area contributed by atoms with Crippen LogP contribution in [0.2, 0.25) is 0 Å². The summed E-state index contributed by atoms with van der Waals surface area (Å²) in [5.41, 5.74) is 0.782. The van der Waals surface area contributed by atoms with Crippen molar-refractivity contribution in [2.24, 2.45) is 0 Å². The lowest BCUT2D eigenvalue weighted by atomic mass is 9.98. The zero-order valence-corrected chi connectivity index (χ0v) is 23.4. The first kappa shape index (κ1) is 32.7. The zero-order valence-electron chi connectivity index (χ0n) is 22.6. The molecule has 220 valence electrons. The summed E-state index contributed by atoms with van der Waals surface area (Å²) in [5.74, 6) is -0.740. The SMILES string of the molecule is COc1ccc(CO[C@H]2[C@@H](OC(C)=O)[C@@H](COC(C)=O)O[C@@H](OCCOCCOCCCl)[C@@H]2OC(C)=O)cc1. The number of esters is 3. The highest BCUT2D eigenvalue weighted by atomic mass is 35.5. The van der Waals surface area contributed by atoms with E-state index in [2.05, 4.69) is 0 Å². The summed E-state index contributed by atoms with van der Waals surface area (Å²) in [6.07, 6.45) is -5.34. The quantitative estimate of drug-likeness (QED) is 0.116. The molecule has 0 saturated carbocycles. The van der Waals surface area contributed by atoms with E-state index in [9.17, 15) is 14.4 Å². The first-order chi connectivity index (χ1) is 18.7. The predicted molar refractivity (Wildman–Crippen MR) is 136 cm³/mol. The van der Waals surface area contributed by atoms with Crippen molar-refractivity contribution in [3.63, 3.8) is 0 Å². The fraction of sp³-hybridized carbons (Fsp3) is 0.654. The van der Waals surface area contributed by atoms with Crippen LogP contribution in [0.5, 0.6) is 5.75 Å². The van der Waals surface area contributed by atoms with Crippen LogP contribution >= 0.6 is 11.6 Å². The number of rotatable bonds is 17. The molecule has 1 aromatic rings. The van der Waals surface area contributed by atoms with Crippen molar-refractivity contribution < 1.29 is 57.0 Å². The van der Waals surface area contributed by atoms with Gasteiger partial charge in [0.1, 0.15) is 24.6 Å². The molecule has 5 atom stereocenters. The second kappa shape index (κ2) is 18.0. The molecule has 39 heavy (non-hydrogen) atoms. The summed E-state index contributed by atoms with van der Waals surface area (Å²) >= 11 is 5.56. The molecule has 0 spiro atoms. The van der Waals surface area contributed by atoms with Gasteiger partial charge in [-0.15, -0.1) is 11.6 Å². The van der Waals surface area contributed by atoms with Crippen molar-refractivity contribution >= 4 is 29.5 Å². The number of ether oxygens (including phenoxy) is 9. The van der Waals surface area contributed by atoms with E-state index < -0.39 is 48.6 Å². The summed E-state index contributed by atoms with van der Waals surface area (Å²) in [7, 11) is 1.56. The Bertz CT molecular complexity index is 880. The van der Waals surface area contributed by atoms with Crippen LogP contribution in [-0.2, 0) is 58.9 Å². The second-order valence-corrected chi connectivity index (χ2v) is 8.78. The minimum absolute atomic E-state index is 0.0711. The molecule has 1 aromatic carbocycles. The van der Waals surface area contributed by atoms with Gasteiger partial charge in [0.15, 0.2) is 18.5 Å². The van der Waals surface area contributed by atoms with E-state index in [0.717, 1.165) is 5.56 Å². The van der Waals surface area contributed by atoms with Crippen molar-refractivity contribution in [2.75, 3.05) is 52.6 Å². The van der Waals surface area contributed by atoms with Crippen molar-refractivity contribution in [1.29, 1.82) is 0 Å². The topological polar surface area (TPSA) is 134 Å². The molecular formula is C26H37ClO12. The minimum atomic E-state index is -1.14. The highest BCUT2D eigenvalue weighted by Crippen LogP contribution is 2.30. The standard InChI is InChI=1S/C26H37ClO12/c1-17(28)35-16-22-23(37-18(2)29)24(36-15-20-5-7-21(31-4)8-6-20)25(38-19(3)30)26(39-22)34-14-13-33-12-11-32-10-9-27/h5-8,22-26H,9-16H2,1-4H3/t22-,23+,24+,25-,26-/m1/s1. The van der Waals surface area contributed by atoms with E-state index in [0.29, 0.717) is 31.5 Å². The first-order valence-electron chi connectivity index (χ1n) is 12.5. The Kier molecular flexibility index (Phi) is 15.1. The van der Waals surface area contributed by atoms with E-state index in [1.807, 2.05) is 0 Å². The van der Waals surface area contributed by atoms with Gasteiger partial charge >= 0.3 is 17.9 Å². The van der Waals surface area contributed by atoms with Crippen LogP contribution in [0.1, 0.15) is 26.3 Å². The molecule has 1 aliphatic rings. The van der Waals surface area contributed by atoms with Crippen LogP contribution in [-0.4, -0.2) is 101 Å². The van der Waals surface area contributed by atoms with Crippen LogP contribution in [0.25, 0.3) is 0 Å². The Hall–Kier alpha value is -2.48. The second-order valence-electron chi connectivity index (χ2n) is 8.40. The summed E-state index contributed by atoms with van der Waals surface area (Å²) < 4.78 is 50.2. The fourth-order valence-corrected chi connectivity index (χ4v) is 3.81. The van der Waals surface area contributed by atoms with Gasteiger partial charge in [-0.2, -0.15) is 0 Å². The Morgan fingerprint density at radius 1 is 0.795 bits per heavy atom. The number of alkyl halides is 1. The molecule has 1 saturated heterocycles. The largest absolute Gasteiger partial charge is 0.497 e. The van der Waals surface area contributed by atoms with Gasteiger partial charge in [-0.05, 0) is 17.7 Å².